The third-order valence-electron chi connectivity index (χ3n) is 3.90. The van der Waals surface area contributed by atoms with Gasteiger partial charge in [0.1, 0.15) is 0 Å². The minimum atomic E-state index is 0.496. The zero-order valence-corrected chi connectivity index (χ0v) is 15.8. The van der Waals surface area contributed by atoms with Crippen molar-refractivity contribution in [3.8, 4) is 0 Å². The van der Waals surface area contributed by atoms with Crippen LogP contribution >= 0.6 is 15.9 Å². The Kier molecular flexibility index (Phi) is 4.50. The van der Waals surface area contributed by atoms with E-state index in [0.29, 0.717) is 17.8 Å². The Hall–Kier alpha value is -0.543. The molecule has 0 N–H and O–H groups in total. The summed E-state index contributed by atoms with van der Waals surface area (Å²) in [6.07, 6.45) is 0. The van der Waals surface area contributed by atoms with E-state index in [1.54, 1.807) is 0 Å². The molecule has 107 valence electrons. The lowest BCUT2D eigenvalue weighted by Gasteiger charge is -2.16. The van der Waals surface area contributed by atoms with Crippen molar-refractivity contribution >= 4 is 37.2 Å². The van der Waals surface area contributed by atoms with Crippen LogP contribution < -0.4 is 0 Å². The molecule has 1 aromatic carbocycles. The van der Waals surface area contributed by atoms with E-state index in [1.165, 1.54) is 32.2 Å². The Labute approximate surface area is 134 Å². The van der Waals surface area contributed by atoms with Gasteiger partial charge in [0.25, 0.3) is 0 Å². The summed E-state index contributed by atoms with van der Waals surface area (Å²) < 4.78 is 3.42. The quantitative estimate of drug-likeness (QED) is 0.626. The molecule has 2 aromatic rings. The maximum atomic E-state index is 3.84. The second kappa shape index (κ2) is 5.68. The largest absolute Gasteiger partial charge is 0.373 e. The summed E-state index contributed by atoms with van der Waals surface area (Å²) in [6, 6.07) is 4.37. The zero-order chi connectivity index (χ0) is 15.2. The van der Waals surface area contributed by atoms with Crippen LogP contribution in [0.1, 0.15) is 76.1 Å². The summed E-state index contributed by atoms with van der Waals surface area (Å²) in [4.78, 5) is 0. The summed E-state index contributed by atoms with van der Waals surface area (Å²) >= 11 is 3.75. The predicted octanol–water partition coefficient (Wildman–Crippen LogP) is 5.71. The highest BCUT2D eigenvalue weighted by Crippen LogP contribution is 2.41. The van der Waals surface area contributed by atoms with E-state index >= 15 is 0 Å². The third-order valence-corrected chi connectivity index (χ3v) is 5.07. The van der Waals surface area contributed by atoms with Crippen LogP contribution in [0.25, 0.3) is 10.9 Å². The molecule has 0 bridgehead atoms. The molecular formula is C17H23BrNSi. The highest BCUT2D eigenvalue weighted by atomic mass is 79.9. The molecule has 0 aliphatic rings. The molecule has 20 heavy (non-hydrogen) atoms. The number of rotatable bonds is 3. The topological polar surface area (TPSA) is 4.93 Å². The number of aromatic nitrogens is 1. The third kappa shape index (κ3) is 2.39. The standard InChI is InChI=1S/C17H23BrNSi/c1-9(2)14-12(18)7-8-13-16(14)15(10(3)4)17(11(5)6)19(13)20/h7-11H,1-6H3. The average molecular weight is 349 g/mol. The first-order valence-corrected chi connectivity index (χ1v) is 8.59. The Balaban J connectivity index is 3.01. The zero-order valence-electron chi connectivity index (χ0n) is 13.2. The molecule has 2 rings (SSSR count). The predicted molar refractivity (Wildman–Crippen MR) is 93.1 cm³/mol. The van der Waals surface area contributed by atoms with Crippen LogP contribution in [0.4, 0.5) is 0 Å². The van der Waals surface area contributed by atoms with Gasteiger partial charge in [0, 0.05) is 21.1 Å². The molecule has 0 saturated carbocycles. The lowest BCUT2D eigenvalue weighted by Crippen LogP contribution is -2.04. The molecule has 0 saturated heterocycles. The van der Waals surface area contributed by atoms with E-state index in [2.05, 4.69) is 84.2 Å². The second-order valence-electron chi connectivity index (χ2n) is 6.45. The van der Waals surface area contributed by atoms with Gasteiger partial charge in [-0.3, -0.25) is 0 Å². The van der Waals surface area contributed by atoms with Crippen molar-refractivity contribution in [3.63, 3.8) is 0 Å². The summed E-state index contributed by atoms with van der Waals surface area (Å²) in [6.45, 7) is 13.6. The molecule has 0 atom stereocenters. The summed E-state index contributed by atoms with van der Waals surface area (Å²) in [7, 11) is 3.84. The van der Waals surface area contributed by atoms with E-state index in [0.717, 1.165) is 0 Å². The van der Waals surface area contributed by atoms with E-state index in [-0.39, 0.29) is 0 Å². The summed E-state index contributed by atoms with van der Waals surface area (Å²) in [5.74, 6) is 1.51. The molecule has 0 aliphatic carbocycles. The number of benzene rings is 1. The first-order valence-electron chi connectivity index (χ1n) is 7.35. The SMILES string of the molecule is CC(C)c1c(Br)ccc2c1c(C(C)C)c(C(C)C)n2[Si]. The van der Waals surface area contributed by atoms with Crippen molar-refractivity contribution < 1.29 is 0 Å². The lowest BCUT2D eigenvalue weighted by molar-refractivity contribution is 0.765. The van der Waals surface area contributed by atoms with E-state index in [1.807, 2.05) is 0 Å². The highest BCUT2D eigenvalue weighted by Gasteiger charge is 2.23. The monoisotopic (exact) mass is 348 g/mol. The molecule has 1 nitrogen and oxygen atoms in total. The Morgan fingerprint density at radius 3 is 1.90 bits per heavy atom. The maximum absolute atomic E-state index is 3.84. The minimum Gasteiger partial charge on any atom is -0.373 e. The van der Waals surface area contributed by atoms with Gasteiger partial charge in [-0.2, -0.15) is 0 Å². The highest BCUT2D eigenvalue weighted by molar-refractivity contribution is 9.10. The van der Waals surface area contributed by atoms with Crippen LogP contribution in [0.15, 0.2) is 16.6 Å². The number of halogens is 1. The minimum absolute atomic E-state index is 0.496. The van der Waals surface area contributed by atoms with Crippen LogP contribution in [-0.4, -0.2) is 14.6 Å². The van der Waals surface area contributed by atoms with Gasteiger partial charge >= 0.3 is 0 Å². The van der Waals surface area contributed by atoms with Gasteiger partial charge in [-0.25, -0.2) is 0 Å². The van der Waals surface area contributed by atoms with Crippen molar-refractivity contribution in [3.05, 3.63) is 33.4 Å². The number of fused-ring (bicyclic) bond motifs is 1. The van der Waals surface area contributed by atoms with Crippen molar-refractivity contribution in [2.45, 2.75) is 59.3 Å². The molecule has 0 unspecified atom stereocenters. The molecule has 1 aromatic heterocycles. The van der Waals surface area contributed by atoms with Gasteiger partial charge < -0.3 is 4.23 Å². The van der Waals surface area contributed by atoms with Crippen LogP contribution in [0, 0.1) is 0 Å². The fourth-order valence-electron chi connectivity index (χ4n) is 3.15. The van der Waals surface area contributed by atoms with Gasteiger partial charge in [0.15, 0.2) is 10.4 Å². The van der Waals surface area contributed by atoms with Crippen LogP contribution in [0.5, 0.6) is 0 Å². The van der Waals surface area contributed by atoms with Crippen LogP contribution in [0.2, 0.25) is 0 Å². The first kappa shape index (κ1) is 15.8. The molecule has 0 spiro atoms. The lowest BCUT2D eigenvalue weighted by atomic mass is 9.89. The van der Waals surface area contributed by atoms with Crippen molar-refractivity contribution in [1.82, 2.24) is 4.23 Å². The first-order chi connectivity index (χ1) is 9.27. The molecular weight excluding hydrogens is 326 g/mol. The van der Waals surface area contributed by atoms with Gasteiger partial charge in [0.2, 0.25) is 0 Å². The second-order valence-corrected chi connectivity index (χ2v) is 7.76. The van der Waals surface area contributed by atoms with Gasteiger partial charge in [-0.05, 0) is 41.0 Å². The van der Waals surface area contributed by atoms with Crippen molar-refractivity contribution in [2.24, 2.45) is 0 Å². The average Bonchev–Trinajstić information content (AvgIpc) is 2.62. The van der Waals surface area contributed by atoms with Crippen molar-refractivity contribution in [2.75, 3.05) is 0 Å². The molecule has 1 heterocycles. The normalized spacial score (nSPS) is 12.3. The summed E-state index contributed by atoms with van der Waals surface area (Å²) in [5, 5.41) is 1.42. The molecule has 0 fully saturated rings. The van der Waals surface area contributed by atoms with Crippen LogP contribution in [-0.2, 0) is 0 Å². The summed E-state index contributed by atoms with van der Waals surface area (Å²) in [5.41, 5.74) is 5.58. The smallest absolute Gasteiger partial charge is 0.195 e. The van der Waals surface area contributed by atoms with E-state index in [4.69, 9.17) is 0 Å². The van der Waals surface area contributed by atoms with Gasteiger partial charge in [0.05, 0.1) is 0 Å². The molecule has 0 amide bonds. The number of hydrogen-bond acceptors (Lipinski definition) is 0. The fraction of sp³-hybridized carbons (Fsp3) is 0.529. The van der Waals surface area contributed by atoms with E-state index < -0.39 is 0 Å². The number of nitrogens with zero attached hydrogens (tertiary/aromatic N) is 1. The van der Waals surface area contributed by atoms with Gasteiger partial charge in [-0.1, -0.05) is 57.5 Å². The van der Waals surface area contributed by atoms with Crippen molar-refractivity contribution in [1.29, 1.82) is 0 Å². The maximum Gasteiger partial charge on any atom is 0.195 e. The van der Waals surface area contributed by atoms with Gasteiger partial charge in [-0.15, -0.1) is 0 Å². The fourth-order valence-corrected chi connectivity index (χ4v) is 4.50. The Morgan fingerprint density at radius 1 is 0.900 bits per heavy atom. The number of hydrogen-bond donors (Lipinski definition) is 0. The molecule has 0 aliphatic heterocycles. The Bertz CT molecular complexity index is 638. The van der Waals surface area contributed by atoms with E-state index in [9.17, 15) is 0 Å². The van der Waals surface area contributed by atoms with Crippen LogP contribution in [0.3, 0.4) is 0 Å². The molecule has 3 heteroatoms. The Morgan fingerprint density at radius 2 is 1.45 bits per heavy atom. The molecule has 3 radical (unpaired) electrons.